The van der Waals surface area contributed by atoms with Crippen LogP contribution in [0.2, 0.25) is 0 Å². The van der Waals surface area contributed by atoms with Gasteiger partial charge in [-0.05, 0) is 32.0 Å². The number of nitrogens with zero attached hydrogens (tertiary/aromatic N) is 2. The minimum absolute atomic E-state index is 0.00217. The molecule has 2 aromatic rings. The van der Waals surface area contributed by atoms with Crippen LogP contribution in [0.1, 0.15) is 28.7 Å². The Morgan fingerprint density at radius 2 is 1.92 bits per heavy atom. The molecule has 0 aliphatic heterocycles. The van der Waals surface area contributed by atoms with Gasteiger partial charge in [-0.15, -0.1) is 0 Å². The number of hydrogen-bond acceptors (Lipinski definition) is 4. The Kier molecular flexibility index (Phi) is 5.15. The zero-order chi connectivity index (χ0) is 19.6. The molecule has 0 saturated carbocycles. The van der Waals surface area contributed by atoms with Crippen LogP contribution in [0, 0.1) is 6.92 Å². The maximum Gasteiger partial charge on any atom is 0.416 e. The van der Waals surface area contributed by atoms with Crippen LogP contribution in [0.3, 0.4) is 0 Å². The molecule has 0 unspecified atom stereocenters. The summed E-state index contributed by atoms with van der Waals surface area (Å²) in [6.45, 7) is 2.63. The highest BCUT2D eigenvalue weighted by Crippen LogP contribution is 2.30. The van der Waals surface area contributed by atoms with E-state index in [1.165, 1.54) is 26.0 Å². The van der Waals surface area contributed by atoms with E-state index < -0.39 is 40.8 Å². The van der Waals surface area contributed by atoms with Crippen molar-refractivity contribution in [3.8, 4) is 5.69 Å². The summed E-state index contributed by atoms with van der Waals surface area (Å²) in [5, 5.41) is 14.7. The Morgan fingerprint density at radius 3 is 2.50 bits per heavy atom. The molecule has 0 fully saturated rings. The average Bonchev–Trinajstić information content (AvgIpc) is 2.54. The molecule has 0 radical (unpaired) electrons. The second kappa shape index (κ2) is 6.98. The smallest absolute Gasteiger partial charge is 0.416 e. The SMILES string of the molecule is Cc1cc(=O)c(C(=O)N[C@H](C)C(=O)O)nn1-c1cccc(C(F)(F)F)c1. The number of carbonyl (C=O) groups excluding carboxylic acids is 1. The number of aromatic nitrogens is 2. The summed E-state index contributed by atoms with van der Waals surface area (Å²) in [5.41, 5.74) is -2.11. The van der Waals surface area contributed by atoms with E-state index in [0.29, 0.717) is 0 Å². The lowest BCUT2D eigenvalue weighted by molar-refractivity contribution is -0.139. The van der Waals surface area contributed by atoms with E-state index in [9.17, 15) is 27.6 Å². The van der Waals surface area contributed by atoms with Gasteiger partial charge < -0.3 is 10.4 Å². The van der Waals surface area contributed by atoms with Crippen molar-refractivity contribution in [1.82, 2.24) is 15.1 Å². The molecule has 1 atom stereocenters. The van der Waals surface area contributed by atoms with Crippen LogP contribution >= 0.6 is 0 Å². The number of nitrogens with one attached hydrogen (secondary N) is 1. The lowest BCUT2D eigenvalue weighted by Gasteiger charge is -2.14. The zero-order valence-corrected chi connectivity index (χ0v) is 13.7. The van der Waals surface area contributed by atoms with Crippen molar-refractivity contribution in [3.63, 3.8) is 0 Å². The molecular weight excluding hydrogens is 355 g/mol. The topological polar surface area (TPSA) is 101 Å². The van der Waals surface area contributed by atoms with E-state index >= 15 is 0 Å². The van der Waals surface area contributed by atoms with Crippen LogP contribution in [0.4, 0.5) is 13.2 Å². The van der Waals surface area contributed by atoms with Crippen molar-refractivity contribution in [1.29, 1.82) is 0 Å². The average molecular weight is 369 g/mol. The Morgan fingerprint density at radius 1 is 1.27 bits per heavy atom. The first-order valence-electron chi connectivity index (χ1n) is 7.33. The minimum Gasteiger partial charge on any atom is -0.480 e. The Bertz CT molecular complexity index is 922. The van der Waals surface area contributed by atoms with Crippen LogP contribution in [-0.4, -0.2) is 32.8 Å². The summed E-state index contributed by atoms with van der Waals surface area (Å²) in [6, 6.07) is 3.97. The summed E-state index contributed by atoms with van der Waals surface area (Å²) < 4.78 is 39.6. The minimum atomic E-state index is -4.57. The summed E-state index contributed by atoms with van der Waals surface area (Å²) >= 11 is 0. The molecule has 1 amide bonds. The molecule has 26 heavy (non-hydrogen) atoms. The lowest BCUT2D eigenvalue weighted by Crippen LogP contribution is -2.41. The third-order valence-corrected chi connectivity index (χ3v) is 3.46. The summed E-state index contributed by atoms with van der Waals surface area (Å²) in [6.07, 6.45) is -4.57. The Hall–Kier alpha value is -3.17. The number of aliphatic carboxylic acids is 1. The van der Waals surface area contributed by atoms with Gasteiger partial charge in [0.15, 0.2) is 5.69 Å². The number of carboxylic acids is 1. The fourth-order valence-electron chi connectivity index (χ4n) is 2.11. The molecule has 2 N–H and O–H groups in total. The Balaban J connectivity index is 2.50. The van der Waals surface area contributed by atoms with Gasteiger partial charge in [-0.25, -0.2) is 4.68 Å². The molecule has 1 aromatic heterocycles. The fourth-order valence-corrected chi connectivity index (χ4v) is 2.11. The largest absolute Gasteiger partial charge is 0.480 e. The quantitative estimate of drug-likeness (QED) is 0.855. The van der Waals surface area contributed by atoms with Crippen molar-refractivity contribution in [3.05, 3.63) is 57.5 Å². The number of benzene rings is 1. The predicted octanol–water partition coefficient (Wildman–Crippen LogP) is 1.76. The number of rotatable bonds is 4. The van der Waals surface area contributed by atoms with Crippen LogP contribution in [0.25, 0.3) is 5.69 Å². The first kappa shape index (κ1) is 19.2. The zero-order valence-electron chi connectivity index (χ0n) is 13.7. The molecule has 2 rings (SSSR count). The number of aryl methyl sites for hydroxylation is 1. The van der Waals surface area contributed by atoms with Crippen LogP contribution in [0.5, 0.6) is 0 Å². The van der Waals surface area contributed by atoms with Gasteiger partial charge in [-0.2, -0.15) is 18.3 Å². The van der Waals surface area contributed by atoms with E-state index in [0.717, 1.165) is 22.9 Å². The van der Waals surface area contributed by atoms with Crippen molar-refractivity contribution < 1.29 is 27.9 Å². The first-order chi connectivity index (χ1) is 12.0. The number of alkyl halides is 3. The highest BCUT2D eigenvalue weighted by molar-refractivity contribution is 5.94. The van der Waals surface area contributed by atoms with Gasteiger partial charge in [0.1, 0.15) is 6.04 Å². The molecule has 10 heteroatoms. The number of amides is 1. The normalized spacial score (nSPS) is 12.5. The van der Waals surface area contributed by atoms with Crippen molar-refractivity contribution in [2.45, 2.75) is 26.1 Å². The summed E-state index contributed by atoms with van der Waals surface area (Å²) in [7, 11) is 0. The fraction of sp³-hybridized carbons (Fsp3) is 0.250. The third kappa shape index (κ3) is 4.08. The molecule has 7 nitrogen and oxygen atoms in total. The van der Waals surface area contributed by atoms with Crippen LogP contribution in [0.15, 0.2) is 35.1 Å². The van der Waals surface area contributed by atoms with E-state index in [1.54, 1.807) is 0 Å². The van der Waals surface area contributed by atoms with Crippen molar-refractivity contribution in [2.75, 3.05) is 0 Å². The molecule has 138 valence electrons. The molecular formula is C16H14F3N3O4. The molecule has 0 bridgehead atoms. The monoisotopic (exact) mass is 369 g/mol. The summed E-state index contributed by atoms with van der Waals surface area (Å²) in [5.74, 6) is -2.35. The first-order valence-corrected chi connectivity index (χ1v) is 7.33. The van der Waals surface area contributed by atoms with Gasteiger partial charge in [0.05, 0.1) is 11.3 Å². The highest BCUT2D eigenvalue weighted by Gasteiger charge is 2.30. The Labute approximate surface area is 145 Å². The summed E-state index contributed by atoms with van der Waals surface area (Å²) in [4.78, 5) is 34.8. The standard InChI is InChI=1S/C16H14F3N3O4/c1-8-6-12(23)13(14(24)20-9(2)15(25)26)21-22(8)11-5-3-4-10(7-11)16(17,18)19/h3-7,9H,1-2H3,(H,20,24)(H,25,26)/t9-/m1/s1. The second-order valence-electron chi connectivity index (χ2n) is 5.49. The van der Waals surface area contributed by atoms with E-state index in [1.807, 2.05) is 0 Å². The maximum absolute atomic E-state index is 12.9. The molecule has 0 aliphatic carbocycles. The van der Waals surface area contributed by atoms with Gasteiger partial charge in [0.25, 0.3) is 5.91 Å². The van der Waals surface area contributed by atoms with Crippen LogP contribution < -0.4 is 10.7 Å². The van der Waals surface area contributed by atoms with Crippen molar-refractivity contribution in [2.24, 2.45) is 0 Å². The van der Waals surface area contributed by atoms with Gasteiger partial charge in [-0.3, -0.25) is 14.4 Å². The van der Waals surface area contributed by atoms with Crippen LogP contribution in [-0.2, 0) is 11.0 Å². The number of carbonyl (C=O) groups is 2. The van der Waals surface area contributed by atoms with Gasteiger partial charge in [0, 0.05) is 11.8 Å². The number of hydrogen-bond donors (Lipinski definition) is 2. The molecule has 0 aliphatic rings. The predicted molar refractivity (Wildman–Crippen MR) is 84.1 cm³/mol. The van der Waals surface area contributed by atoms with Gasteiger partial charge >= 0.3 is 12.1 Å². The van der Waals surface area contributed by atoms with Gasteiger partial charge in [-0.1, -0.05) is 6.07 Å². The molecule has 1 heterocycles. The van der Waals surface area contributed by atoms with E-state index in [-0.39, 0.29) is 11.4 Å². The molecule has 1 aromatic carbocycles. The van der Waals surface area contributed by atoms with E-state index in [2.05, 4.69) is 10.4 Å². The number of carboxylic acid groups (broad SMARTS) is 1. The third-order valence-electron chi connectivity index (χ3n) is 3.46. The second-order valence-corrected chi connectivity index (χ2v) is 5.49. The number of halogens is 3. The lowest BCUT2D eigenvalue weighted by atomic mass is 10.2. The molecule has 0 saturated heterocycles. The highest BCUT2D eigenvalue weighted by atomic mass is 19.4. The maximum atomic E-state index is 12.9. The molecule has 0 spiro atoms. The van der Waals surface area contributed by atoms with Gasteiger partial charge in [0.2, 0.25) is 5.43 Å². The van der Waals surface area contributed by atoms with E-state index in [4.69, 9.17) is 5.11 Å². The van der Waals surface area contributed by atoms with Crippen molar-refractivity contribution >= 4 is 11.9 Å².